The molecule has 0 spiro atoms. The van der Waals surface area contributed by atoms with Crippen LogP contribution in [0.5, 0.6) is 0 Å². The normalized spacial score (nSPS) is 32.0. The number of imidazole rings is 1. The zero-order chi connectivity index (χ0) is 20.5. The van der Waals surface area contributed by atoms with E-state index >= 15 is 0 Å². The first-order valence-electron chi connectivity index (χ1n) is 10.2. The summed E-state index contributed by atoms with van der Waals surface area (Å²) in [6.07, 6.45) is 4.94. The van der Waals surface area contributed by atoms with Gasteiger partial charge < -0.3 is 30.2 Å². The molecular formula is C19H28N6O4. The van der Waals surface area contributed by atoms with Crippen molar-refractivity contribution in [3.8, 4) is 0 Å². The van der Waals surface area contributed by atoms with E-state index in [1.165, 1.54) is 6.33 Å². The van der Waals surface area contributed by atoms with E-state index in [9.17, 15) is 15.0 Å². The summed E-state index contributed by atoms with van der Waals surface area (Å²) < 4.78 is 7.31. The molecule has 0 aromatic carbocycles. The lowest BCUT2D eigenvalue weighted by Gasteiger charge is -2.20. The van der Waals surface area contributed by atoms with Crippen LogP contribution in [0.25, 0.3) is 11.2 Å². The van der Waals surface area contributed by atoms with E-state index in [-0.39, 0.29) is 18.1 Å². The van der Waals surface area contributed by atoms with Gasteiger partial charge in [0.2, 0.25) is 5.91 Å². The summed E-state index contributed by atoms with van der Waals surface area (Å²) in [6, 6.07) is -0.797. The number of aliphatic hydroxyl groups excluding tert-OH is 2. The number of ether oxygens (including phenoxy) is 1. The number of carbonyl (C=O) groups excluding carboxylic acids is 1. The van der Waals surface area contributed by atoms with Gasteiger partial charge in [0.05, 0.1) is 30.6 Å². The van der Waals surface area contributed by atoms with Crippen molar-refractivity contribution < 1.29 is 19.7 Å². The van der Waals surface area contributed by atoms with Gasteiger partial charge in [-0.3, -0.25) is 4.79 Å². The second-order valence-electron chi connectivity index (χ2n) is 7.81. The monoisotopic (exact) mass is 404 g/mol. The van der Waals surface area contributed by atoms with Gasteiger partial charge in [-0.1, -0.05) is 6.92 Å². The molecule has 29 heavy (non-hydrogen) atoms. The lowest BCUT2D eigenvalue weighted by molar-refractivity contribution is -0.122. The van der Waals surface area contributed by atoms with E-state index < -0.39 is 24.3 Å². The van der Waals surface area contributed by atoms with Crippen molar-refractivity contribution >= 4 is 22.9 Å². The maximum atomic E-state index is 11.7. The molecule has 0 radical (unpaired) electrons. The Kier molecular flexibility index (Phi) is 5.66. The Bertz CT molecular complexity index is 874. The molecule has 0 bridgehead atoms. The predicted octanol–water partition coefficient (Wildman–Crippen LogP) is 0.367. The Labute approximate surface area is 168 Å². The second-order valence-corrected chi connectivity index (χ2v) is 7.81. The standard InChI is InChI=1S/C19H28N6O4/c1-3-14(26)23-11-7-12(17(28)16(11)27)25-9-22-15-18(20-8-21-19(15)25)24-10-5-4-6-13(10)29-2/h8-13,16-17,27-28H,3-7H2,1-2H3,(H,23,26)(H,20,21,24)/t10?,11-,12+,13-,16+,17-/m0/s1. The Morgan fingerprint density at radius 2 is 2.07 bits per heavy atom. The van der Waals surface area contributed by atoms with Gasteiger partial charge in [0.25, 0.3) is 0 Å². The first-order chi connectivity index (χ1) is 14.0. The predicted molar refractivity (Wildman–Crippen MR) is 105 cm³/mol. The minimum atomic E-state index is -1.05. The summed E-state index contributed by atoms with van der Waals surface area (Å²) in [4.78, 5) is 24.9. The summed E-state index contributed by atoms with van der Waals surface area (Å²) in [5, 5.41) is 27.2. The Morgan fingerprint density at radius 1 is 1.24 bits per heavy atom. The quantitative estimate of drug-likeness (QED) is 0.542. The molecule has 2 saturated carbocycles. The number of nitrogens with one attached hydrogen (secondary N) is 2. The number of aliphatic hydroxyl groups is 2. The average molecular weight is 404 g/mol. The largest absolute Gasteiger partial charge is 0.388 e. The molecule has 158 valence electrons. The van der Waals surface area contributed by atoms with E-state index in [2.05, 4.69) is 25.6 Å². The van der Waals surface area contributed by atoms with Crippen molar-refractivity contribution in [1.82, 2.24) is 24.8 Å². The third kappa shape index (κ3) is 3.67. The van der Waals surface area contributed by atoms with Crippen LogP contribution >= 0.6 is 0 Å². The van der Waals surface area contributed by atoms with Crippen LogP contribution in [-0.4, -0.2) is 73.1 Å². The molecule has 6 atom stereocenters. The minimum absolute atomic E-state index is 0.136. The third-order valence-electron chi connectivity index (χ3n) is 6.11. The number of nitrogens with zero attached hydrogens (tertiary/aromatic N) is 4. The van der Waals surface area contributed by atoms with Crippen molar-refractivity contribution in [2.24, 2.45) is 0 Å². The van der Waals surface area contributed by atoms with E-state index in [4.69, 9.17) is 4.74 Å². The SMILES string of the molecule is CCC(=O)N[C@H]1C[C@@H](n2cnc3c(NC4CCC[C@@H]4OC)ncnc32)[C@H](O)[C@@H]1O. The van der Waals surface area contributed by atoms with Gasteiger partial charge in [-0.05, 0) is 25.7 Å². The molecule has 4 N–H and O–H groups in total. The topological polar surface area (TPSA) is 134 Å². The fourth-order valence-electron chi connectivity index (χ4n) is 4.49. The van der Waals surface area contributed by atoms with E-state index in [0.29, 0.717) is 29.8 Å². The van der Waals surface area contributed by atoms with Crippen molar-refractivity contribution in [1.29, 1.82) is 0 Å². The molecule has 2 heterocycles. The zero-order valence-corrected chi connectivity index (χ0v) is 16.7. The lowest BCUT2D eigenvalue weighted by atomic mass is 10.2. The van der Waals surface area contributed by atoms with Crippen LogP contribution in [-0.2, 0) is 9.53 Å². The first kappa shape index (κ1) is 20.0. The van der Waals surface area contributed by atoms with Crippen LogP contribution in [0.1, 0.15) is 45.1 Å². The number of amides is 1. The number of hydrogen-bond donors (Lipinski definition) is 4. The number of aromatic nitrogens is 4. The molecular weight excluding hydrogens is 376 g/mol. The lowest BCUT2D eigenvalue weighted by Crippen LogP contribution is -2.42. The highest BCUT2D eigenvalue weighted by atomic mass is 16.5. The highest BCUT2D eigenvalue weighted by molar-refractivity contribution is 5.83. The van der Waals surface area contributed by atoms with Gasteiger partial charge in [-0.25, -0.2) is 15.0 Å². The van der Waals surface area contributed by atoms with Gasteiger partial charge in [0.1, 0.15) is 24.1 Å². The van der Waals surface area contributed by atoms with Gasteiger partial charge in [-0.15, -0.1) is 0 Å². The van der Waals surface area contributed by atoms with E-state index in [0.717, 1.165) is 19.3 Å². The van der Waals surface area contributed by atoms with Gasteiger partial charge in [0, 0.05) is 13.5 Å². The van der Waals surface area contributed by atoms with Crippen LogP contribution < -0.4 is 10.6 Å². The number of carbonyl (C=O) groups is 1. The summed E-state index contributed by atoms with van der Waals surface area (Å²) in [6.45, 7) is 1.75. The molecule has 2 aromatic rings. The smallest absolute Gasteiger partial charge is 0.220 e. The van der Waals surface area contributed by atoms with Crippen molar-refractivity contribution in [2.45, 2.75) is 75.5 Å². The van der Waals surface area contributed by atoms with Crippen LogP contribution in [0, 0.1) is 0 Å². The number of fused-ring (bicyclic) bond motifs is 1. The number of hydrogen-bond acceptors (Lipinski definition) is 8. The van der Waals surface area contributed by atoms with Crippen LogP contribution in [0.2, 0.25) is 0 Å². The molecule has 1 unspecified atom stereocenters. The summed E-state index contributed by atoms with van der Waals surface area (Å²) in [5.74, 6) is 0.474. The first-order valence-corrected chi connectivity index (χ1v) is 10.2. The van der Waals surface area contributed by atoms with Crippen LogP contribution in [0.15, 0.2) is 12.7 Å². The van der Waals surface area contributed by atoms with Gasteiger partial charge >= 0.3 is 0 Å². The highest BCUT2D eigenvalue weighted by Crippen LogP contribution is 2.34. The van der Waals surface area contributed by atoms with E-state index in [1.807, 2.05) is 0 Å². The van der Waals surface area contributed by atoms with Crippen LogP contribution in [0.4, 0.5) is 5.82 Å². The molecule has 2 aliphatic carbocycles. The molecule has 1 amide bonds. The highest BCUT2D eigenvalue weighted by Gasteiger charge is 2.43. The fourth-order valence-corrected chi connectivity index (χ4v) is 4.49. The maximum Gasteiger partial charge on any atom is 0.220 e. The molecule has 2 aromatic heterocycles. The molecule has 10 nitrogen and oxygen atoms in total. The Balaban J connectivity index is 1.58. The fraction of sp³-hybridized carbons (Fsp3) is 0.684. The molecule has 2 fully saturated rings. The summed E-state index contributed by atoms with van der Waals surface area (Å²) in [7, 11) is 1.72. The minimum Gasteiger partial charge on any atom is -0.388 e. The van der Waals surface area contributed by atoms with Crippen molar-refractivity contribution in [3.63, 3.8) is 0 Å². The maximum absolute atomic E-state index is 11.7. The molecule has 0 aliphatic heterocycles. The molecule has 2 aliphatic rings. The van der Waals surface area contributed by atoms with Crippen molar-refractivity contribution in [2.75, 3.05) is 12.4 Å². The second kappa shape index (κ2) is 8.21. The van der Waals surface area contributed by atoms with Crippen LogP contribution in [0.3, 0.4) is 0 Å². The number of methoxy groups -OCH3 is 1. The number of rotatable bonds is 6. The van der Waals surface area contributed by atoms with Crippen molar-refractivity contribution in [3.05, 3.63) is 12.7 Å². The third-order valence-corrected chi connectivity index (χ3v) is 6.11. The summed E-state index contributed by atoms with van der Waals surface area (Å²) >= 11 is 0. The molecule has 4 rings (SSSR count). The number of anilines is 1. The summed E-state index contributed by atoms with van der Waals surface area (Å²) in [5.41, 5.74) is 1.19. The molecule has 0 saturated heterocycles. The zero-order valence-electron chi connectivity index (χ0n) is 16.7. The van der Waals surface area contributed by atoms with E-state index in [1.54, 1.807) is 24.9 Å². The molecule has 10 heteroatoms. The Morgan fingerprint density at radius 3 is 2.83 bits per heavy atom. The van der Waals surface area contributed by atoms with Gasteiger partial charge in [0.15, 0.2) is 11.5 Å². The van der Waals surface area contributed by atoms with Gasteiger partial charge in [-0.2, -0.15) is 0 Å². The Hall–Kier alpha value is -2.30. The average Bonchev–Trinajstić information content (AvgIpc) is 3.42.